The highest BCUT2D eigenvalue weighted by Gasteiger charge is 2.22. The van der Waals surface area contributed by atoms with Crippen LogP contribution in [0.3, 0.4) is 0 Å². The minimum absolute atomic E-state index is 0.119. The van der Waals surface area contributed by atoms with Gasteiger partial charge in [0.05, 0.1) is 5.69 Å². The highest BCUT2D eigenvalue weighted by Crippen LogP contribution is 2.33. The smallest absolute Gasteiger partial charge is 0.152 e. The molecule has 0 radical (unpaired) electrons. The Kier molecular flexibility index (Phi) is 9.78. The first-order valence-electron chi connectivity index (χ1n) is 9.98. The van der Waals surface area contributed by atoms with Crippen molar-refractivity contribution in [3.8, 4) is 0 Å². The van der Waals surface area contributed by atoms with Crippen LogP contribution in [0.4, 0.5) is 0 Å². The summed E-state index contributed by atoms with van der Waals surface area (Å²) in [6.45, 7) is 13.8. The van der Waals surface area contributed by atoms with Gasteiger partial charge >= 0.3 is 0 Å². The second kappa shape index (κ2) is 11.0. The molecule has 0 saturated heterocycles. The van der Waals surface area contributed by atoms with Crippen LogP contribution in [-0.2, 0) is 5.41 Å². The summed E-state index contributed by atoms with van der Waals surface area (Å²) in [5.74, 6) is 2.00. The molecule has 0 amide bonds. The first-order chi connectivity index (χ1) is 11.9. The largest absolute Gasteiger partial charge is 0.237 e. The van der Waals surface area contributed by atoms with Gasteiger partial charge in [-0.1, -0.05) is 67.2 Å². The molecule has 0 aliphatic rings. The minimum Gasteiger partial charge on any atom is -0.237 e. The second-order valence-electron chi connectivity index (χ2n) is 8.17. The van der Waals surface area contributed by atoms with Gasteiger partial charge < -0.3 is 0 Å². The van der Waals surface area contributed by atoms with Gasteiger partial charge in [0.1, 0.15) is 0 Å². The van der Waals surface area contributed by atoms with Gasteiger partial charge in [-0.2, -0.15) is 0 Å². The Morgan fingerprint density at radius 1 is 1.04 bits per heavy atom. The summed E-state index contributed by atoms with van der Waals surface area (Å²) in [7, 11) is 0. The van der Waals surface area contributed by atoms with E-state index in [0.29, 0.717) is 5.41 Å². The maximum Gasteiger partial charge on any atom is 0.152 e. The van der Waals surface area contributed by atoms with E-state index < -0.39 is 0 Å². The Hall–Kier alpha value is -0.830. The number of thioether (sulfide) groups is 1. The maximum absolute atomic E-state index is 4.77. The van der Waals surface area contributed by atoms with Crippen molar-refractivity contribution in [2.45, 2.75) is 91.9 Å². The molecular weight excluding hydrogens is 324 g/mol. The van der Waals surface area contributed by atoms with E-state index in [2.05, 4.69) is 64.1 Å². The van der Waals surface area contributed by atoms with Crippen LogP contribution in [0.5, 0.6) is 0 Å². The molecule has 0 N–H and O–H groups in total. The molecule has 1 rings (SSSR count). The standard InChI is InChI=1S/C22H38N2S/c1-7-10-11-15-22(6,9-3)18-25-17-13-20-23-16-12-19(24-20)21(4,5)14-8-2/h12-13,16-17H,7-11,14-15,18H2,1-6H3/b17-13+. The normalized spacial score (nSPS) is 14.8. The van der Waals surface area contributed by atoms with E-state index in [1.165, 1.54) is 44.3 Å². The third-order valence-electron chi connectivity index (χ3n) is 5.23. The molecule has 0 aliphatic carbocycles. The summed E-state index contributed by atoms with van der Waals surface area (Å²) >= 11 is 1.90. The Balaban J connectivity index is 2.61. The summed E-state index contributed by atoms with van der Waals surface area (Å²) < 4.78 is 0. The van der Waals surface area contributed by atoms with Crippen molar-refractivity contribution in [3.63, 3.8) is 0 Å². The molecule has 0 aromatic carbocycles. The molecule has 0 saturated carbocycles. The van der Waals surface area contributed by atoms with Crippen LogP contribution in [0, 0.1) is 5.41 Å². The van der Waals surface area contributed by atoms with E-state index in [9.17, 15) is 0 Å². The molecular formula is C22H38N2S. The zero-order valence-corrected chi connectivity index (χ0v) is 18.1. The van der Waals surface area contributed by atoms with Crippen molar-refractivity contribution >= 4 is 17.8 Å². The third kappa shape index (κ3) is 7.94. The summed E-state index contributed by atoms with van der Waals surface area (Å²) in [5.41, 5.74) is 1.70. The Morgan fingerprint density at radius 2 is 1.80 bits per heavy atom. The molecule has 1 atom stereocenters. The second-order valence-corrected chi connectivity index (χ2v) is 9.06. The maximum atomic E-state index is 4.77. The predicted octanol–water partition coefficient (Wildman–Crippen LogP) is 7.25. The van der Waals surface area contributed by atoms with E-state index in [1.54, 1.807) is 0 Å². The molecule has 1 aromatic heterocycles. The lowest BCUT2D eigenvalue weighted by atomic mass is 9.84. The van der Waals surface area contributed by atoms with Crippen LogP contribution >= 0.6 is 11.8 Å². The average Bonchev–Trinajstić information content (AvgIpc) is 2.59. The molecule has 0 spiro atoms. The molecule has 2 nitrogen and oxygen atoms in total. The minimum atomic E-state index is 0.119. The quantitative estimate of drug-likeness (QED) is 0.366. The van der Waals surface area contributed by atoms with Crippen molar-refractivity contribution in [3.05, 3.63) is 29.2 Å². The first kappa shape index (κ1) is 22.2. The van der Waals surface area contributed by atoms with Crippen LogP contribution in [-0.4, -0.2) is 15.7 Å². The van der Waals surface area contributed by atoms with E-state index in [-0.39, 0.29) is 5.41 Å². The lowest BCUT2D eigenvalue weighted by molar-refractivity contribution is 0.317. The number of hydrogen-bond acceptors (Lipinski definition) is 3. The average molecular weight is 363 g/mol. The highest BCUT2D eigenvalue weighted by atomic mass is 32.2. The first-order valence-corrected chi connectivity index (χ1v) is 11.0. The molecule has 1 unspecified atom stereocenters. The topological polar surface area (TPSA) is 25.8 Å². The van der Waals surface area contributed by atoms with Crippen molar-refractivity contribution in [1.82, 2.24) is 9.97 Å². The van der Waals surface area contributed by atoms with E-state index in [1.807, 2.05) is 18.0 Å². The Labute approximate surface area is 160 Å². The fourth-order valence-corrected chi connectivity index (χ4v) is 4.16. The lowest BCUT2D eigenvalue weighted by Crippen LogP contribution is -2.19. The van der Waals surface area contributed by atoms with Gasteiger partial charge in [0, 0.05) is 17.4 Å². The van der Waals surface area contributed by atoms with Crippen molar-refractivity contribution < 1.29 is 0 Å². The van der Waals surface area contributed by atoms with Crippen molar-refractivity contribution in [2.75, 3.05) is 5.75 Å². The molecule has 3 heteroatoms. The monoisotopic (exact) mass is 362 g/mol. The van der Waals surface area contributed by atoms with Crippen LogP contribution < -0.4 is 0 Å². The fourth-order valence-electron chi connectivity index (χ4n) is 3.10. The van der Waals surface area contributed by atoms with Gasteiger partial charge in [-0.05, 0) is 42.2 Å². The van der Waals surface area contributed by atoms with Crippen LogP contribution in [0.2, 0.25) is 0 Å². The van der Waals surface area contributed by atoms with Crippen molar-refractivity contribution in [1.29, 1.82) is 0 Å². The number of rotatable bonds is 12. The SMILES string of the molecule is CCCCCC(C)(CC)CS/C=C/c1nccc(C(C)(C)CCC)n1. The van der Waals surface area contributed by atoms with Gasteiger partial charge in [-0.25, -0.2) is 9.97 Å². The molecule has 25 heavy (non-hydrogen) atoms. The summed E-state index contributed by atoms with van der Waals surface area (Å²) in [4.78, 5) is 9.18. The Morgan fingerprint density at radius 3 is 2.44 bits per heavy atom. The van der Waals surface area contributed by atoms with Gasteiger partial charge in [0.15, 0.2) is 5.82 Å². The Bertz CT molecular complexity index is 525. The zero-order chi connectivity index (χ0) is 18.8. The summed E-state index contributed by atoms with van der Waals surface area (Å²) in [5, 5.41) is 2.18. The zero-order valence-electron chi connectivity index (χ0n) is 17.3. The fraction of sp³-hybridized carbons (Fsp3) is 0.727. The van der Waals surface area contributed by atoms with Gasteiger partial charge in [0.2, 0.25) is 0 Å². The van der Waals surface area contributed by atoms with Crippen molar-refractivity contribution in [2.24, 2.45) is 5.41 Å². The molecule has 142 valence electrons. The van der Waals surface area contributed by atoms with Gasteiger partial charge in [-0.15, -0.1) is 11.8 Å². The molecule has 0 aliphatic heterocycles. The van der Waals surface area contributed by atoms with Crippen LogP contribution in [0.15, 0.2) is 17.7 Å². The number of nitrogens with zero attached hydrogens (tertiary/aromatic N) is 2. The van der Waals surface area contributed by atoms with Gasteiger partial charge in [0.25, 0.3) is 0 Å². The van der Waals surface area contributed by atoms with E-state index in [0.717, 1.165) is 17.9 Å². The summed E-state index contributed by atoms with van der Waals surface area (Å²) in [6.07, 6.45) is 12.9. The third-order valence-corrected chi connectivity index (χ3v) is 6.42. The summed E-state index contributed by atoms with van der Waals surface area (Å²) in [6, 6.07) is 2.06. The predicted molar refractivity (Wildman–Crippen MR) is 114 cm³/mol. The molecule has 1 heterocycles. The van der Waals surface area contributed by atoms with Crippen LogP contribution in [0.25, 0.3) is 6.08 Å². The van der Waals surface area contributed by atoms with E-state index in [4.69, 9.17) is 4.98 Å². The van der Waals surface area contributed by atoms with Crippen LogP contribution in [0.1, 0.15) is 98.0 Å². The number of unbranched alkanes of at least 4 members (excludes halogenated alkanes) is 2. The molecule has 0 fully saturated rings. The molecule has 0 bridgehead atoms. The molecule has 1 aromatic rings. The highest BCUT2D eigenvalue weighted by molar-refractivity contribution is 8.02. The van der Waals surface area contributed by atoms with E-state index >= 15 is 0 Å². The number of aromatic nitrogens is 2. The van der Waals surface area contributed by atoms with Gasteiger partial charge in [-0.3, -0.25) is 0 Å². The number of hydrogen-bond donors (Lipinski definition) is 0. The lowest BCUT2D eigenvalue weighted by Gasteiger charge is -2.27.